The van der Waals surface area contributed by atoms with Crippen LogP contribution in [0, 0.1) is 5.92 Å². The Bertz CT molecular complexity index is 1030. The molecule has 1 aliphatic carbocycles. The lowest BCUT2D eigenvalue weighted by Crippen LogP contribution is -2.36. The highest BCUT2D eigenvalue weighted by Crippen LogP contribution is 2.37. The minimum Gasteiger partial charge on any atom is -0.491 e. The molecule has 0 saturated carbocycles. The fraction of sp³-hybridized carbons (Fsp3) is 0.462. The number of nitrogens with zero attached hydrogens (tertiary/aromatic N) is 1. The van der Waals surface area contributed by atoms with Crippen molar-refractivity contribution in [3.8, 4) is 5.75 Å². The summed E-state index contributed by atoms with van der Waals surface area (Å²) >= 11 is 6.15. The van der Waals surface area contributed by atoms with Crippen LogP contribution in [0.2, 0.25) is 5.02 Å². The van der Waals surface area contributed by atoms with E-state index in [1.165, 1.54) is 61.0 Å². The molecule has 0 spiro atoms. The van der Waals surface area contributed by atoms with Crippen LogP contribution in [0.5, 0.6) is 5.75 Å². The van der Waals surface area contributed by atoms with Crippen LogP contribution in [0.3, 0.4) is 0 Å². The van der Waals surface area contributed by atoms with Gasteiger partial charge in [0.1, 0.15) is 5.75 Å². The Morgan fingerprint density at radius 1 is 1.13 bits per heavy atom. The van der Waals surface area contributed by atoms with Gasteiger partial charge in [0.05, 0.1) is 6.10 Å². The van der Waals surface area contributed by atoms with E-state index in [2.05, 4.69) is 54.2 Å². The van der Waals surface area contributed by atoms with E-state index in [9.17, 15) is 0 Å². The molecule has 0 bridgehead atoms. The van der Waals surface area contributed by atoms with Gasteiger partial charge < -0.3 is 14.6 Å². The third-order valence-electron chi connectivity index (χ3n) is 6.81. The van der Waals surface area contributed by atoms with Crippen LogP contribution >= 0.6 is 11.6 Å². The number of likely N-dealkylation sites (tertiary alicyclic amines) is 1. The highest BCUT2D eigenvalue weighted by molar-refractivity contribution is 6.31. The minimum atomic E-state index is 0.232. The van der Waals surface area contributed by atoms with Gasteiger partial charge in [-0.05, 0) is 99.3 Å². The Hall–Kier alpha value is -1.97. The number of rotatable bonds is 5. The second-order valence-corrected chi connectivity index (χ2v) is 9.78. The number of aromatic amines is 1. The van der Waals surface area contributed by atoms with Crippen LogP contribution in [-0.2, 0) is 12.8 Å². The highest BCUT2D eigenvalue weighted by Gasteiger charge is 2.29. The van der Waals surface area contributed by atoms with Gasteiger partial charge >= 0.3 is 0 Å². The van der Waals surface area contributed by atoms with E-state index in [-0.39, 0.29) is 6.10 Å². The van der Waals surface area contributed by atoms with E-state index in [4.69, 9.17) is 16.3 Å². The Morgan fingerprint density at radius 3 is 2.77 bits per heavy atom. The summed E-state index contributed by atoms with van der Waals surface area (Å²) in [5.41, 5.74) is 5.56. The van der Waals surface area contributed by atoms with Crippen molar-refractivity contribution in [2.45, 2.75) is 51.6 Å². The predicted molar refractivity (Wildman–Crippen MR) is 125 cm³/mol. The lowest BCUT2D eigenvalue weighted by atomic mass is 9.88. The molecule has 2 aliphatic rings. The first-order valence-electron chi connectivity index (χ1n) is 11.3. The molecule has 1 aromatic heterocycles. The maximum Gasteiger partial charge on any atom is 0.123 e. The van der Waals surface area contributed by atoms with Crippen LogP contribution in [-0.4, -0.2) is 35.6 Å². The van der Waals surface area contributed by atoms with Crippen molar-refractivity contribution in [3.05, 3.63) is 64.3 Å². The normalized spacial score (nSPS) is 20.2. The van der Waals surface area contributed by atoms with Crippen LogP contribution < -0.4 is 4.74 Å². The van der Waals surface area contributed by atoms with Gasteiger partial charge in [0.25, 0.3) is 0 Å². The topological polar surface area (TPSA) is 28.3 Å². The average Bonchev–Trinajstić information content (AvgIpc) is 3.32. The number of benzene rings is 2. The van der Waals surface area contributed by atoms with Crippen LogP contribution in [0.1, 0.15) is 49.3 Å². The first-order valence-corrected chi connectivity index (χ1v) is 11.7. The zero-order chi connectivity index (χ0) is 20.7. The van der Waals surface area contributed by atoms with E-state index in [0.717, 1.165) is 22.7 Å². The number of hydrogen-bond donors (Lipinski definition) is 1. The molecule has 2 heterocycles. The van der Waals surface area contributed by atoms with Crippen molar-refractivity contribution in [3.63, 3.8) is 0 Å². The summed E-state index contributed by atoms with van der Waals surface area (Å²) < 4.78 is 6.07. The molecule has 1 N–H and O–H groups in total. The molecule has 5 rings (SSSR count). The molecule has 1 fully saturated rings. The first-order chi connectivity index (χ1) is 14.6. The molecule has 1 unspecified atom stereocenters. The molecule has 3 aromatic rings. The summed E-state index contributed by atoms with van der Waals surface area (Å²) in [5.74, 6) is 2.45. The van der Waals surface area contributed by atoms with Crippen molar-refractivity contribution < 1.29 is 4.74 Å². The van der Waals surface area contributed by atoms with Gasteiger partial charge in [-0.25, -0.2) is 0 Å². The quantitative estimate of drug-likeness (QED) is 0.529. The Balaban J connectivity index is 1.20. The molecule has 0 radical (unpaired) electrons. The summed E-state index contributed by atoms with van der Waals surface area (Å²) in [7, 11) is 0. The Labute approximate surface area is 184 Å². The SMILES string of the molecule is CC(C)Oc1cccc2c1CC(CN1CCC(c3c[nH]c4cc(Cl)ccc34)CC1)C2. The smallest absolute Gasteiger partial charge is 0.123 e. The third-order valence-corrected chi connectivity index (χ3v) is 7.05. The Morgan fingerprint density at radius 2 is 1.97 bits per heavy atom. The van der Waals surface area contributed by atoms with Gasteiger partial charge in [0, 0.05) is 28.7 Å². The molecule has 3 nitrogen and oxygen atoms in total. The summed E-state index contributed by atoms with van der Waals surface area (Å²) in [4.78, 5) is 6.10. The van der Waals surface area contributed by atoms with Gasteiger partial charge in [-0.2, -0.15) is 0 Å². The van der Waals surface area contributed by atoms with E-state index in [1.807, 2.05) is 12.1 Å². The maximum atomic E-state index is 6.15. The number of aromatic nitrogens is 1. The molecule has 30 heavy (non-hydrogen) atoms. The van der Waals surface area contributed by atoms with E-state index < -0.39 is 0 Å². The molecule has 2 aromatic carbocycles. The van der Waals surface area contributed by atoms with Crippen LogP contribution in [0.4, 0.5) is 0 Å². The number of ether oxygens (including phenoxy) is 1. The van der Waals surface area contributed by atoms with Gasteiger partial charge in [-0.15, -0.1) is 0 Å². The van der Waals surface area contributed by atoms with Gasteiger partial charge in [-0.3, -0.25) is 0 Å². The number of halogens is 1. The van der Waals surface area contributed by atoms with E-state index in [1.54, 1.807) is 0 Å². The summed E-state index contributed by atoms with van der Waals surface area (Å²) in [6, 6.07) is 12.8. The van der Waals surface area contributed by atoms with Gasteiger partial charge in [-0.1, -0.05) is 29.8 Å². The number of hydrogen-bond acceptors (Lipinski definition) is 2. The molecular weight excluding hydrogens is 392 g/mol. The third kappa shape index (κ3) is 3.98. The summed E-state index contributed by atoms with van der Waals surface area (Å²) in [6.45, 7) is 7.79. The number of piperidine rings is 1. The molecule has 1 atom stereocenters. The molecule has 1 saturated heterocycles. The van der Waals surface area contributed by atoms with Gasteiger partial charge in [0.15, 0.2) is 0 Å². The van der Waals surface area contributed by atoms with Crippen molar-refractivity contribution in [1.29, 1.82) is 0 Å². The number of H-pyrrole nitrogens is 1. The fourth-order valence-electron chi connectivity index (χ4n) is 5.45. The largest absolute Gasteiger partial charge is 0.491 e. The molecular formula is C26H31ClN2O. The van der Waals surface area contributed by atoms with Crippen molar-refractivity contribution in [1.82, 2.24) is 9.88 Å². The predicted octanol–water partition coefficient (Wildman–Crippen LogP) is 6.20. The van der Waals surface area contributed by atoms with Crippen molar-refractivity contribution in [2.24, 2.45) is 5.92 Å². The van der Waals surface area contributed by atoms with Crippen LogP contribution in [0.25, 0.3) is 10.9 Å². The monoisotopic (exact) mass is 422 g/mol. The molecule has 1 aliphatic heterocycles. The average molecular weight is 423 g/mol. The number of nitrogens with one attached hydrogen (secondary N) is 1. The molecule has 0 amide bonds. The highest BCUT2D eigenvalue weighted by atomic mass is 35.5. The van der Waals surface area contributed by atoms with Crippen LogP contribution in [0.15, 0.2) is 42.6 Å². The lowest BCUT2D eigenvalue weighted by molar-refractivity contribution is 0.184. The lowest BCUT2D eigenvalue weighted by Gasteiger charge is -2.33. The fourth-order valence-corrected chi connectivity index (χ4v) is 5.62. The minimum absolute atomic E-state index is 0.232. The summed E-state index contributed by atoms with van der Waals surface area (Å²) in [6.07, 6.45) is 7.24. The maximum absolute atomic E-state index is 6.15. The van der Waals surface area contributed by atoms with Crippen molar-refractivity contribution >= 4 is 22.5 Å². The molecule has 4 heteroatoms. The Kier molecular flexibility index (Phi) is 5.51. The van der Waals surface area contributed by atoms with E-state index >= 15 is 0 Å². The second kappa shape index (κ2) is 8.28. The first kappa shape index (κ1) is 20.0. The summed E-state index contributed by atoms with van der Waals surface area (Å²) in [5, 5.41) is 2.13. The zero-order valence-electron chi connectivity index (χ0n) is 18.0. The van der Waals surface area contributed by atoms with Gasteiger partial charge in [0.2, 0.25) is 0 Å². The second-order valence-electron chi connectivity index (χ2n) is 9.34. The standard InChI is InChI=1S/C26H31ClN2O/c1-17(2)30-26-5-3-4-20-12-18(13-23(20)26)16-29-10-8-19(9-11-29)24-15-28-25-14-21(27)6-7-22(24)25/h3-7,14-15,17-19,28H,8-13,16H2,1-2H3. The molecule has 158 valence electrons. The number of fused-ring (bicyclic) bond motifs is 2. The zero-order valence-corrected chi connectivity index (χ0v) is 18.7. The van der Waals surface area contributed by atoms with E-state index in [0.29, 0.717) is 11.8 Å². The van der Waals surface area contributed by atoms with Crippen molar-refractivity contribution in [2.75, 3.05) is 19.6 Å².